The molecule has 15 heavy (non-hydrogen) atoms. The Morgan fingerprint density at radius 3 is 2.73 bits per heavy atom. The zero-order valence-corrected chi connectivity index (χ0v) is 10.5. The predicted molar refractivity (Wildman–Crippen MR) is 64.2 cm³/mol. The molecule has 3 nitrogen and oxygen atoms in total. The van der Waals surface area contributed by atoms with Crippen molar-refractivity contribution in [3.63, 3.8) is 0 Å². The summed E-state index contributed by atoms with van der Waals surface area (Å²) in [5.41, 5.74) is 7.62. The molecule has 0 aliphatic heterocycles. The van der Waals surface area contributed by atoms with Gasteiger partial charge in [0.2, 0.25) is 0 Å². The van der Waals surface area contributed by atoms with E-state index < -0.39 is 0 Å². The zero-order chi connectivity index (χ0) is 11.4. The molecular weight excluding hydrogens is 210 g/mol. The fourth-order valence-electron chi connectivity index (χ4n) is 1.78. The highest BCUT2D eigenvalue weighted by Gasteiger charge is 2.14. The number of aryl methyl sites for hydroxylation is 2. The van der Waals surface area contributed by atoms with E-state index >= 15 is 0 Å². The van der Waals surface area contributed by atoms with Gasteiger partial charge >= 0.3 is 0 Å². The Labute approximate surface area is 96.6 Å². The highest BCUT2D eigenvalue weighted by atomic mass is 35.5. The third-order valence-corrected chi connectivity index (χ3v) is 3.15. The first-order valence-corrected chi connectivity index (χ1v) is 5.89. The molecule has 1 atom stereocenters. The van der Waals surface area contributed by atoms with Gasteiger partial charge in [-0.1, -0.05) is 18.5 Å². The van der Waals surface area contributed by atoms with Crippen LogP contribution in [0.25, 0.3) is 0 Å². The number of hydrogen-bond acceptors (Lipinski definition) is 2. The van der Waals surface area contributed by atoms with Crippen LogP contribution in [-0.4, -0.2) is 16.3 Å². The lowest BCUT2D eigenvalue weighted by Gasteiger charge is -2.11. The topological polar surface area (TPSA) is 43.8 Å². The summed E-state index contributed by atoms with van der Waals surface area (Å²) in [5, 5.41) is 5.22. The van der Waals surface area contributed by atoms with Gasteiger partial charge in [-0.15, -0.1) is 0 Å². The van der Waals surface area contributed by atoms with E-state index in [-0.39, 0.29) is 0 Å². The molecule has 0 saturated heterocycles. The van der Waals surface area contributed by atoms with Crippen LogP contribution in [0.5, 0.6) is 0 Å². The highest BCUT2D eigenvalue weighted by molar-refractivity contribution is 6.31. The maximum atomic E-state index is 6.22. The van der Waals surface area contributed by atoms with E-state index in [1.54, 1.807) is 0 Å². The molecule has 0 radical (unpaired) electrons. The van der Waals surface area contributed by atoms with Gasteiger partial charge < -0.3 is 5.73 Å². The lowest BCUT2D eigenvalue weighted by Crippen LogP contribution is -2.11. The van der Waals surface area contributed by atoms with E-state index in [2.05, 4.69) is 18.9 Å². The minimum Gasteiger partial charge on any atom is -0.330 e. The molecule has 1 heterocycles. The first-order valence-electron chi connectivity index (χ1n) is 5.52. The van der Waals surface area contributed by atoms with Crippen LogP contribution >= 0.6 is 11.6 Å². The molecule has 0 spiro atoms. The normalized spacial score (nSPS) is 13.1. The van der Waals surface area contributed by atoms with E-state index in [1.807, 2.05) is 11.6 Å². The molecule has 0 saturated carbocycles. The van der Waals surface area contributed by atoms with Crippen LogP contribution in [0, 0.1) is 12.8 Å². The lowest BCUT2D eigenvalue weighted by molar-refractivity contribution is 0.504. The standard InChI is InChI=1S/C11H20ClN3/c1-4-15-10(7-8(2)5-6-13)11(12)9(3)14-15/h8H,4-7,13H2,1-3H3. The molecule has 4 heteroatoms. The number of aromatic nitrogens is 2. The largest absolute Gasteiger partial charge is 0.330 e. The average molecular weight is 230 g/mol. The Morgan fingerprint density at radius 1 is 1.53 bits per heavy atom. The summed E-state index contributed by atoms with van der Waals surface area (Å²) in [5.74, 6) is 0.564. The lowest BCUT2D eigenvalue weighted by atomic mass is 10.0. The first-order chi connectivity index (χ1) is 7.10. The highest BCUT2D eigenvalue weighted by Crippen LogP contribution is 2.23. The summed E-state index contributed by atoms with van der Waals surface area (Å²) in [6, 6.07) is 0. The molecule has 1 aromatic heterocycles. The van der Waals surface area contributed by atoms with Crippen molar-refractivity contribution >= 4 is 11.6 Å². The summed E-state index contributed by atoms with van der Waals surface area (Å²) in [6.45, 7) is 7.84. The quantitative estimate of drug-likeness (QED) is 0.843. The molecule has 1 unspecified atom stereocenters. The van der Waals surface area contributed by atoms with Crippen molar-refractivity contribution in [1.82, 2.24) is 9.78 Å². The summed E-state index contributed by atoms with van der Waals surface area (Å²) in [6.07, 6.45) is 2.00. The van der Waals surface area contributed by atoms with Crippen LogP contribution in [0.2, 0.25) is 5.02 Å². The first kappa shape index (κ1) is 12.5. The molecule has 0 aliphatic rings. The average Bonchev–Trinajstić information content (AvgIpc) is 2.46. The number of nitrogens with zero attached hydrogens (tertiary/aromatic N) is 2. The Kier molecular flexibility index (Phi) is 4.61. The summed E-state index contributed by atoms with van der Waals surface area (Å²) in [7, 11) is 0. The molecule has 0 aliphatic carbocycles. The molecule has 86 valence electrons. The Balaban J connectivity index is 2.82. The third kappa shape index (κ3) is 2.95. The van der Waals surface area contributed by atoms with E-state index in [0.29, 0.717) is 5.92 Å². The summed E-state index contributed by atoms with van der Waals surface area (Å²) >= 11 is 6.22. The second-order valence-electron chi connectivity index (χ2n) is 4.05. The second-order valence-corrected chi connectivity index (χ2v) is 4.43. The van der Waals surface area contributed by atoms with Gasteiger partial charge in [-0.05, 0) is 39.2 Å². The van der Waals surface area contributed by atoms with Gasteiger partial charge in [-0.3, -0.25) is 4.68 Å². The number of halogens is 1. The maximum absolute atomic E-state index is 6.22. The number of hydrogen-bond donors (Lipinski definition) is 1. The Morgan fingerprint density at radius 2 is 2.20 bits per heavy atom. The Hall–Kier alpha value is -0.540. The van der Waals surface area contributed by atoms with Gasteiger partial charge in [0.05, 0.1) is 16.4 Å². The monoisotopic (exact) mass is 229 g/mol. The number of rotatable bonds is 5. The molecule has 0 bridgehead atoms. The molecule has 1 aromatic rings. The fraction of sp³-hybridized carbons (Fsp3) is 0.727. The smallest absolute Gasteiger partial charge is 0.0847 e. The van der Waals surface area contributed by atoms with Gasteiger partial charge in [-0.25, -0.2) is 0 Å². The summed E-state index contributed by atoms with van der Waals surface area (Å²) < 4.78 is 1.99. The van der Waals surface area contributed by atoms with E-state index in [9.17, 15) is 0 Å². The Bertz CT molecular complexity index is 320. The van der Waals surface area contributed by atoms with Crippen LogP contribution in [-0.2, 0) is 13.0 Å². The third-order valence-electron chi connectivity index (χ3n) is 2.65. The van der Waals surface area contributed by atoms with Gasteiger partial charge in [-0.2, -0.15) is 5.10 Å². The van der Waals surface area contributed by atoms with Crippen LogP contribution in [0.1, 0.15) is 31.7 Å². The minimum absolute atomic E-state index is 0.564. The fourth-order valence-corrected chi connectivity index (χ4v) is 1.99. The molecule has 0 aromatic carbocycles. The van der Waals surface area contributed by atoms with Crippen molar-refractivity contribution in [2.24, 2.45) is 11.7 Å². The maximum Gasteiger partial charge on any atom is 0.0847 e. The molecule has 0 fully saturated rings. The van der Waals surface area contributed by atoms with Crippen LogP contribution in [0.3, 0.4) is 0 Å². The second kappa shape index (κ2) is 5.52. The van der Waals surface area contributed by atoms with E-state index in [4.69, 9.17) is 17.3 Å². The van der Waals surface area contributed by atoms with Gasteiger partial charge in [0, 0.05) is 6.54 Å². The zero-order valence-electron chi connectivity index (χ0n) is 9.76. The number of nitrogens with two attached hydrogens (primary N) is 1. The molecule has 2 N–H and O–H groups in total. The van der Waals surface area contributed by atoms with Crippen molar-refractivity contribution in [3.8, 4) is 0 Å². The van der Waals surface area contributed by atoms with Crippen molar-refractivity contribution in [2.75, 3.05) is 6.54 Å². The van der Waals surface area contributed by atoms with Crippen LogP contribution in [0.4, 0.5) is 0 Å². The van der Waals surface area contributed by atoms with Crippen LogP contribution < -0.4 is 5.73 Å². The van der Waals surface area contributed by atoms with Crippen molar-refractivity contribution in [2.45, 2.75) is 40.2 Å². The minimum atomic E-state index is 0.564. The summed E-state index contributed by atoms with van der Waals surface area (Å²) in [4.78, 5) is 0. The van der Waals surface area contributed by atoms with E-state index in [0.717, 1.165) is 42.3 Å². The van der Waals surface area contributed by atoms with E-state index in [1.165, 1.54) is 0 Å². The van der Waals surface area contributed by atoms with Gasteiger partial charge in [0.25, 0.3) is 0 Å². The van der Waals surface area contributed by atoms with Crippen LogP contribution in [0.15, 0.2) is 0 Å². The van der Waals surface area contributed by atoms with Crippen molar-refractivity contribution in [1.29, 1.82) is 0 Å². The van der Waals surface area contributed by atoms with Gasteiger partial charge in [0.1, 0.15) is 0 Å². The van der Waals surface area contributed by atoms with Crippen molar-refractivity contribution < 1.29 is 0 Å². The SMILES string of the molecule is CCn1nc(C)c(Cl)c1CC(C)CCN. The molecular formula is C11H20ClN3. The van der Waals surface area contributed by atoms with Gasteiger partial charge in [0.15, 0.2) is 0 Å². The predicted octanol–water partition coefficient (Wildman–Crippen LogP) is 2.39. The van der Waals surface area contributed by atoms with Crippen molar-refractivity contribution in [3.05, 3.63) is 16.4 Å². The molecule has 0 amide bonds. The molecule has 1 rings (SSSR count).